The molecule has 0 fully saturated rings. The third-order valence-electron chi connectivity index (χ3n) is 5.41. The number of benzene rings is 2. The molecule has 0 spiro atoms. The molecule has 1 heterocycles. The number of rotatable bonds is 5. The Morgan fingerprint density at radius 2 is 1.87 bits per heavy atom. The van der Waals surface area contributed by atoms with Gasteiger partial charge < -0.3 is 10.2 Å². The van der Waals surface area contributed by atoms with Crippen molar-refractivity contribution in [1.29, 1.82) is 0 Å². The second kappa shape index (κ2) is 8.51. The van der Waals surface area contributed by atoms with Crippen LogP contribution in [0.15, 0.2) is 39.7 Å². The van der Waals surface area contributed by atoms with Crippen LogP contribution in [0, 0.1) is 13.8 Å². The molecule has 0 aromatic heterocycles. The number of hydrogen-bond donors (Lipinski definition) is 1. The molecule has 0 radical (unpaired) electrons. The molecule has 2 aromatic rings. The number of halogens is 1. The number of carbonyl (C=O) groups is 2. The summed E-state index contributed by atoms with van der Waals surface area (Å²) in [6.45, 7) is 7.33. The Hall–Kier alpha value is -2.19. The largest absolute Gasteiger partial charge is 0.326 e. The first-order chi connectivity index (χ1) is 14.0. The molecule has 6 nitrogen and oxygen atoms in total. The Morgan fingerprint density at radius 1 is 1.17 bits per heavy atom. The molecule has 0 saturated carbocycles. The Morgan fingerprint density at radius 3 is 2.50 bits per heavy atom. The minimum absolute atomic E-state index is 0.0221. The zero-order chi connectivity index (χ0) is 22.2. The average molecular weight is 493 g/mol. The van der Waals surface area contributed by atoms with Gasteiger partial charge in [0.1, 0.15) is 0 Å². The maximum absolute atomic E-state index is 13.0. The highest BCUT2D eigenvalue weighted by atomic mass is 79.9. The molecular weight excluding hydrogens is 468 g/mol. The second-order valence-electron chi connectivity index (χ2n) is 7.77. The molecular formula is C22H25BrN2O4S. The van der Waals surface area contributed by atoms with Crippen LogP contribution >= 0.6 is 15.9 Å². The number of aryl methyl sites for hydroxylation is 2. The van der Waals surface area contributed by atoms with Gasteiger partial charge in [-0.3, -0.25) is 9.59 Å². The molecule has 2 amide bonds. The number of carbonyl (C=O) groups excluding carboxylic acids is 2. The highest BCUT2D eigenvalue weighted by molar-refractivity contribution is 9.10. The van der Waals surface area contributed by atoms with E-state index in [4.69, 9.17) is 0 Å². The van der Waals surface area contributed by atoms with Crippen LogP contribution in [0.25, 0.3) is 0 Å². The minimum atomic E-state index is -3.73. The molecule has 2 aromatic carbocycles. The fourth-order valence-electron chi connectivity index (χ4n) is 3.72. The summed E-state index contributed by atoms with van der Waals surface area (Å²) < 4.78 is 26.4. The predicted octanol–water partition coefficient (Wildman–Crippen LogP) is 4.17. The van der Waals surface area contributed by atoms with E-state index in [2.05, 4.69) is 21.2 Å². The average Bonchev–Trinajstić information content (AvgIpc) is 2.97. The van der Waals surface area contributed by atoms with Crippen LogP contribution in [-0.4, -0.2) is 32.0 Å². The molecule has 3 rings (SSSR count). The fourth-order valence-corrected chi connectivity index (χ4v) is 6.17. The Balaban J connectivity index is 1.77. The first-order valence-corrected chi connectivity index (χ1v) is 12.2. The van der Waals surface area contributed by atoms with Gasteiger partial charge in [0.15, 0.2) is 9.84 Å². The first kappa shape index (κ1) is 22.5. The van der Waals surface area contributed by atoms with E-state index in [9.17, 15) is 18.0 Å². The van der Waals surface area contributed by atoms with Crippen LogP contribution in [0.1, 0.15) is 37.0 Å². The third-order valence-corrected chi connectivity index (χ3v) is 8.08. The van der Waals surface area contributed by atoms with E-state index in [-0.39, 0.29) is 34.9 Å². The molecule has 1 aliphatic rings. The Labute approximate surface area is 185 Å². The van der Waals surface area contributed by atoms with E-state index < -0.39 is 9.84 Å². The number of anilines is 2. The molecule has 1 atom stereocenters. The molecule has 0 aliphatic carbocycles. The Kier molecular flexibility index (Phi) is 6.38. The lowest BCUT2D eigenvalue weighted by Gasteiger charge is -2.21. The van der Waals surface area contributed by atoms with E-state index in [1.54, 1.807) is 23.1 Å². The smallest absolute Gasteiger partial charge is 0.225 e. The van der Waals surface area contributed by atoms with Gasteiger partial charge in [-0.25, -0.2) is 8.42 Å². The molecule has 0 bridgehead atoms. The molecule has 160 valence electrons. The van der Waals surface area contributed by atoms with Crippen LogP contribution in [0.5, 0.6) is 0 Å². The van der Waals surface area contributed by atoms with Gasteiger partial charge in [-0.1, -0.05) is 6.07 Å². The SMILES string of the molecule is CC(=O)N1c2cc(S(=O)(=O)CCC(=O)Nc3ccc(C)c(C)c3)c(Br)cc2C[C@@H]1C. The normalized spacial score (nSPS) is 15.8. The summed E-state index contributed by atoms with van der Waals surface area (Å²) >= 11 is 3.35. The summed E-state index contributed by atoms with van der Waals surface area (Å²) in [6, 6.07) is 8.84. The maximum Gasteiger partial charge on any atom is 0.225 e. The van der Waals surface area contributed by atoms with Gasteiger partial charge in [-0.05, 0) is 84.1 Å². The highest BCUT2D eigenvalue weighted by Crippen LogP contribution is 2.38. The van der Waals surface area contributed by atoms with Gasteiger partial charge in [0.25, 0.3) is 0 Å². The topological polar surface area (TPSA) is 83.6 Å². The van der Waals surface area contributed by atoms with Gasteiger partial charge in [0.05, 0.1) is 10.6 Å². The van der Waals surface area contributed by atoms with Crippen molar-refractivity contribution in [3.63, 3.8) is 0 Å². The number of sulfone groups is 1. The fraction of sp³-hybridized carbons (Fsp3) is 0.364. The van der Waals surface area contributed by atoms with E-state index in [1.807, 2.05) is 32.9 Å². The van der Waals surface area contributed by atoms with E-state index in [0.29, 0.717) is 22.3 Å². The number of fused-ring (bicyclic) bond motifs is 1. The molecule has 0 saturated heterocycles. The van der Waals surface area contributed by atoms with Crippen LogP contribution in [0.2, 0.25) is 0 Å². The third kappa shape index (κ3) is 4.59. The van der Waals surface area contributed by atoms with Crippen molar-refractivity contribution in [3.05, 3.63) is 51.5 Å². The molecule has 1 N–H and O–H groups in total. The van der Waals surface area contributed by atoms with Crippen molar-refractivity contribution >= 4 is 49.0 Å². The van der Waals surface area contributed by atoms with E-state index >= 15 is 0 Å². The van der Waals surface area contributed by atoms with Crippen molar-refractivity contribution in [2.45, 2.75) is 51.5 Å². The number of hydrogen-bond acceptors (Lipinski definition) is 4. The standard InChI is InChI=1S/C22H25BrN2O4S/c1-13-5-6-18(9-14(13)2)24-22(27)7-8-30(28,29)21-12-20-17(11-19(21)23)10-15(3)25(20)16(4)26/h5-6,9,11-12,15H,7-8,10H2,1-4H3,(H,24,27)/t15-/m0/s1. The highest BCUT2D eigenvalue weighted by Gasteiger charge is 2.32. The Bertz CT molecular complexity index is 1130. The van der Waals surface area contributed by atoms with Crippen LogP contribution in [-0.2, 0) is 25.8 Å². The summed E-state index contributed by atoms with van der Waals surface area (Å²) in [5, 5.41) is 2.75. The summed E-state index contributed by atoms with van der Waals surface area (Å²) in [4.78, 5) is 26.0. The minimum Gasteiger partial charge on any atom is -0.326 e. The van der Waals surface area contributed by atoms with Crippen LogP contribution in [0.4, 0.5) is 11.4 Å². The summed E-state index contributed by atoms with van der Waals surface area (Å²) in [7, 11) is -3.73. The monoisotopic (exact) mass is 492 g/mol. The lowest BCUT2D eigenvalue weighted by atomic mass is 10.1. The zero-order valence-corrected chi connectivity index (χ0v) is 19.9. The van der Waals surface area contributed by atoms with Crippen molar-refractivity contribution in [2.75, 3.05) is 16.0 Å². The number of nitrogens with zero attached hydrogens (tertiary/aromatic N) is 1. The summed E-state index contributed by atoms with van der Waals surface area (Å²) in [5.74, 6) is -0.811. The van der Waals surface area contributed by atoms with Gasteiger partial charge >= 0.3 is 0 Å². The summed E-state index contributed by atoms with van der Waals surface area (Å²) in [5.41, 5.74) is 4.36. The molecule has 0 unspecified atom stereocenters. The molecule has 30 heavy (non-hydrogen) atoms. The van der Waals surface area contributed by atoms with Gasteiger partial charge in [0.2, 0.25) is 11.8 Å². The van der Waals surface area contributed by atoms with Crippen molar-refractivity contribution in [3.8, 4) is 0 Å². The van der Waals surface area contributed by atoms with E-state index in [1.165, 1.54) is 6.92 Å². The lowest BCUT2D eigenvalue weighted by Crippen LogP contribution is -2.33. The lowest BCUT2D eigenvalue weighted by molar-refractivity contribution is -0.117. The van der Waals surface area contributed by atoms with E-state index in [0.717, 1.165) is 16.7 Å². The predicted molar refractivity (Wildman–Crippen MR) is 122 cm³/mol. The van der Waals surface area contributed by atoms with Gasteiger partial charge in [-0.15, -0.1) is 0 Å². The number of amides is 2. The first-order valence-electron chi connectivity index (χ1n) is 9.71. The van der Waals surface area contributed by atoms with Crippen molar-refractivity contribution in [1.82, 2.24) is 0 Å². The van der Waals surface area contributed by atoms with Gasteiger partial charge in [-0.2, -0.15) is 0 Å². The van der Waals surface area contributed by atoms with Crippen molar-refractivity contribution in [2.24, 2.45) is 0 Å². The van der Waals surface area contributed by atoms with Crippen LogP contribution < -0.4 is 10.2 Å². The quantitative estimate of drug-likeness (QED) is 0.678. The number of nitrogens with one attached hydrogen (secondary N) is 1. The zero-order valence-electron chi connectivity index (χ0n) is 17.5. The second-order valence-corrected chi connectivity index (χ2v) is 10.7. The van der Waals surface area contributed by atoms with Gasteiger partial charge in [0, 0.05) is 35.2 Å². The van der Waals surface area contributed by atoms with Crippen molar-refractivity contribution < 1.29 is 18.0 Å². The van der Waals surface area contributed by atoms with Crippen LogP contribution in [0.3, 0.4) is 0 Å². The maximum atomic E-state index is 13.0. The molecule has 8 heteroatoms. The summed E-state index contributed by atoms with van der Waals surface area (Å²) in [6.07, 6.45) is 0.512. The molecule has 1 aliphatic heterocycles.